The van der Waals surface area contributed by atoms with Gasteiger partial charge < -0.3 is 19.7 Å². The second-order valence-electron chi connectivity index (χ2n) is 9.80. The van der Waals surface area contributed by atoms with Gasteiger partial charge in [-0.2, -0.15) is 0 Å². The molecule has 2 aromatic rings. The summed E-state index contributed by atoms with van der Waals surface area (Å²) in [6, 6.07) is 11.3. The standard InChI is InChI=1S/C26H34BrN3O6S/c1-6-37(33,34)30(21-11-12-22-23(15-21)36-14-13-35-22)17-24(31)29(16-19-7-9-20(27)10-8-19)18(2)25(32)28-26(3,4)5/h7-12,15,18H,6,13-14,16-17H2,1-5H3,(H,28,32)/t18-/m0/s1. The van der Waals surface area contributed by atoms with Gasteiger partial charge in [-0.15, -0.1) is 0 Å². The van der Waals surface area contributed by atoms with Gasteiger partial charge in [-0.05, 0) is 64.4 Å². The Morgan fingerprint density at radius 1 is 1.05 bits per heavy atom. The van der Waals surface area contributed by atoms with Crippen molar-refractivity contribution in [2.45, 2.75) is 52.7 Å². The van der Waals surface area contributed by atoms with Gasteiger partial charge in [0.15, 0.2) is 11.5 Å². The highest BCUT2D eigenvalue weighted by Gasteiger charge is 2.32. The number of sulfonamides is 1. The fourth-order valence-electron chi connectivity index (χ4n) is 3.75. The number of benzene rings is 2. The van der Waals surface area contributed by atoms with Crippen LogP contribution in [0.1, 0.15) is 40.2 Å². The lowest BCUT2D eigenvalue weighted by Gasteiger charge is -2.33. The first-order valence-corrected chi connectivity index (χ1v) is 14.5. The molecule has 11 heteroatoms. The molecule has 0 unspecified atom stereocenters. The molecule has 1 atom stereocenters. The van der Waals surface area contributed by atoms with E-state index in [1.165, 1.54) is 11.8 Å². The molecule has 3 rings (SSSR count). The number of carbonyl (C=O) groups is 2. The monoisotopic (exact) mass is 595 g/mol. The van der Waals surface area contributed by atoms with Gasteiger partial charge in [0.2, 0.25) is 21.8 Å². The van der Waals surface area contributed by atoms with Crippen molar-refractivity contribution >= 4 is 43.5 Å². The Labute approximate surface area is 227 Å². The van der Waals surface area contributed by atoms with Gasteiger partial charge in [0.25, 0.3) is 0 Å². The fourth-order valence-corrected chi connectivity index (χ4v) is 5.07. The van der Waals surface area contributed by atoms with Gasteiger partial charge in [-0.25, -0.2) is 8.42 Å². The van der Waals surface area contributed by atoms with Crippen molar-refractivity contribution < 1.29 is 27.5 Å². The average molecular weight is 597 g/mol. The van der Waals surface area contributed by atoms with Crippen LogP contribution >= 0.6 is 15.9 Å². The third kappa shape index (κ3) is 7.61. The molecule has 0 saturated heterocycles. The van der Waals surface area contributed by atoms with Crippen LogP contribution in [0.5, 0.6) is 11.5 Å². The number of nitrogens with zero attached hydrogens (tertiary/aromatic N) is 2. The van der Waals surface area contributed by atoms with Crippen LogP contribution in [0, 0.1) is 0 Å². The molecule has 1 aliphatic rings. The molecule has 1 heterocycles. The molecule has 202 valence electrons. The Morgan fingerprint density at radius 2 is 1.68 bits per heavy atom. The number of hydrogen-bond acceptors (Lipinski definition) is 6. The summed E-state index contributed by atoms with van der Waals surface area (Å²) in [5.74, 6) is -0.119. The smallest absolute Gasteiger partial charge is 0.244 e. The van der Waals surface area contributed by atoms with E-state index in [0.717, 1.165) is 14.3 Å². The summed E-state index contributed by atoms with van der Waals surface area (Å²) in [6.45, 7) is 9.14. The van der Waals surface area contributed by atoms with Crippen molar-refractivity contribution in [3.8, 4) is 11.5 Å². The Morgan fingerprint density at radius 3 is 2.27 bits per heavy atom. The van der Waals surface area contributed by atoms with E-state index in [2.05, 4.69) is 21.2 Å². The summed E-state index contributed by atoms with van der Waals surface area (Å²) >= 11 is 3.40. The number of hydrogen-bond donors (Lipinski definition) is 1. The second-order valence-corrected chi connectivity index (χ2v) is 12.9. The molecule has 1 aliphatic heterocycles. The van der Waals surface area contributed by atoms with Crippen molar-refractivity contribution in [1.29, 1.82) is 0 Å². The van der Waals surface area contributed by atoms with Crippen molar-refractivity contribution in [3.63, 3.8) is 0 Å². The molecule has 0 aliphatic carbocycles. The summed E-state index contributed by atoms with van der Waals surface area (Å²) in [6.07, 6.45) is 0. The molecule has 1 N–H and O–H groups in total. The molecule has 0 bridgehead atoms. The minimum atomic E-state index is -3.84. The fraction of sp³-hybridized carbons (Fsp3) is 0.462. The third-order valence-corrected chi connectivity index (χ3v) is 7.99. The maximum absolute atomic E-state index is 13.7. The maximum Gasteiger partial charge on any atom is 0.244 e. The van der Waals surface area contributed by atoms with E-state index in [4.69, 9.17) is 9.47 Å². The second kappa shape index (κ2) is 11.7. The number of amides is 2. The molecule has 37 heavy (non-hydrogen) atoms. The van der Waals surface area contributed by atoms with Crippen molar-refractivity contribution in [2.75, 3.05) is 29.8 Å². The molecule has 2 amide bonds. The quantitative estimate of drug-likeness (QED) is 0.474. The zero-order valence-electron chi connectivity index (χ0n) is 21.8. The first kappa shape index (κ1) is 28.8. The van der Waals surface area contributed by atoms with Gasteiger partial charge in [0, 0.05) is 22.6 Å². The van der Waals surface area contributed by atoms with Crippen LogP contribution in [-0.2, 0) is 26.2 Å². The summed E-state index contributed by atoms with van der Waals surface area (Å²) in [7, 11) is -3.84. The minimum Gasteiger partial charge on any atom is -0.486 e. The molecule has 0 aromatic heterocycles. The van der Waals surface area contributed by atoms with Gasteiger partial charge in [-0.1, -0.05) is 28.1 Å². The Kier molecular flexibility index (Phi) is 9.12. The van der Waals surface area contributed by atoms with Crippen LogP contribution in [0.3, 0.4) is 0 Å². The van der Waals surface area contributed by atoms with E-state index < -0.39 is 34.1 Å². The lowest BCUT2D eigenvalue weighted by molar-refractivity contribution is -0.140. The highest BCUT2D eigenvalue weighted by molar-refractivity contribution is 9.10. The molecule has 0 radical (unpaired) electrons. The number of anilines is 1. The third-order valence-electron chi connectivity index (χ3n) is 5.72. The number of rotatable bonds is 9. The van der Waals surface area contributed by atoms with Crippen LogP contribution in [0.25, 0.3) is 0 Å². The summed E-state index contributed by atoms with van der Waals surface area (Å²) < 4.78 is 39.3. The SMILES string of the molecule is CCS(=O)(=O)N(CC(=O)N(Cc1ccc(Br)cc1)[C@@H](C)C(=O)NC(C)(C)C)c1ccc2c(c1)OCCO2. The zero-order valence-corrected chi connectivity index (χ0v) is 24.2. The normalized spacial score (nSPS) is 14.0. The molecule has 0 fully saturated rings. The Hall–Kier alpha value is -2.79. The van der Waals surface area contributed by atoms with Gasteiger partial charge in [0.05, 0.1) is 11.4 Å². The summed E-state index contributed by atoms with van der Waals surface area (Å²) in [4.78, 5) is 28.2. The van der Waals surface area contributed by atoms with E-state index >= 15 is 0 Å². The Bertz CT molecular complexity index is 1230. The lowest BCUT2D eigenvalue weighted by atomic mass is 10.1. The molecule has 0 spiro atoms. The van der Waals surface area contributed by atoms with E-state index in [1.807, 2.05) is 45.0 Å². The van der Waals surface area contributed by atoms with Crippen molar-refractivity contribution in [1.82, 2.24) is 10.2 Å². The van der Waals surface area contributed by atoms with Gasteiger partial charge >= 0.3 is 0 Å². The van der Waals surface area contributed by atoms with Crippen LogP contribution < -0.4 is 19.1 Å². The maximum atomic E-state index is 13.7. The molecular weight excluding hydrogens is 562 g/mol. The van der Waals surface area contributed by atoms with Gasteiger partial charge in [-0.3, -0.25) is 13.9 Å². The zero-order chi connectivity index (χ0) is 27.4. The molecular formula is C26H34BrN3O6S. The number of fused-ring (bicyclic) bond motifs is 1. The van der Waals surface area contributed by atoms with E-state index in [9.17, 15) is 18.0 Å². The topological polar surface area (TPSA) is 105 Å². The lowest BCUT2D eigenvalue weighted by Crippen LogP contribution is -2.54. The largest absolute Gasteiger partial charge is 0.486 e. The van der Waals surface area contributed by atoms with Crippen LogP contribution in [-0.4, -0.2) is 62.2 Å². The van der Waals surface area contributed by atoms with Crippen molar-refractivity contribution in [2.24, 2.45) is 0 Å². The first-order chi connectivity index (χ1) is 17.3. The predicted molar refractivity (Wildman–Crippen MR) is 146 cm³/mol. The first-order valence-electron chi connectivity index (χ1n) is 12.1. The van der Waals surface area contributed by atoms with E-state index in [0.29, 0.717) is 24.7 Å². The van der Waals surface area contributed by atoms with Crippen LogP contribution in [0.2, 0.25) is 0 Å². The number of carbonyl (C=O) groups excluding carboxylic acids is 2. The predicted octanol–water partition coefficient (Wildman–Crippen LogP) is 3.71. The van der Waals surface area contributed by atoms with Gasteiger partial charge in [0.1, 0.15) is 25.8 Å². The average Bonchev–Trinajstić information content (AvgIpc) is 2.85. The number of nitrogens with one attached hydrogen (secondary N) is 1. The van der Waals surface area contributed by atoms with E-state index in [1.54, 1.807) is 25.1 Å². The molecule has 2 aromatic carbocycles. The molecule has 9 nitrogen and oxygen atoms in total. The van der Waals surface area contributed by atoms with Crippen LogP contribution in [0.15, 0.2) is 46.9 Å². The number of ether oxygens (including phenoxy) is 2. The van der Waals surface area contributed by atoms with Crippen LogP contribution in [0.4, 0.5) is 5.69 Å². The van der Waals surface area contributed by atoms with Crippen molar-refractivity contribution in [3.05, 3.63) is 52.5 Å². The minimum absolute atomic E-state index is 0.131. The van der Waals surface area contributed by atoms with E-state index in [-0.39, 0.29) is 23.9 Å². The summed E-state index contributed by atoms with van der Waals surface area (Å²) in [5.41, 5.74) is 0.589. The summed E-state index contributed by atoms with van der Waals surface area (Å²) in [5, 5.41) is 2.91. The highest BCUT2D eigenvalue weighted by Crippen LogP contribution is 2.35. The highest BCUT2D eigenvalue weighted by atomic mass is 79.9. The molecule has 0 saturated carbocycles. The Balaban J connectivity index is 1.95. The number of halogens is 1.